The van der Waals surface area contributed by atoms with E-state index in [0.717, 1.165) is 32.2 Å². The van der Waals surface area contributed by atoms with E-state index in [9.17, 15) is 0 Å². The number of nitrogens with zero attached hydrogens (tertiary/aromatic N) is 1. The number of hydrogen-bond acceptors (Lipinski definition) is 5. The van der Waals surface area contributed by atoms with Gasteiger partial charge in [-0.05, 0) is 6.42 Å². The molecule has 16 heavy (non-hydrogen) atoms. The zero-order chi connectivity index (χ0) is 10.8. The number of rotatable bonds is 2. The molecule has 4 nitrogen and oxygen atoms in total. The highest BCUT2D eigenvalue weighted by atomic mass is 32.2. The van der Waals surface area contributed by atoms with Crippen LogP contribution in [0.3, 0.4) is 0 Å². The molecule has 91 valence electrons. The van der Waals surface area contributed by atoms with Crippen LogP contribution in [0.2, 0.25) is 0 Å². The molecule has 0 aromatic rings. The Morgan fingerprint density at radius 3 is 2.56 bits per heavy atom. The van der Waals surface area contributed by atoms with Crippen molar-refractivity contribution in [1.82, 2.24) is 4.90 Å². The highest BCUT2D eigenvalue weighted by Gasteiger charge is 2.42. The van der Waals surface area contributed by atoms with E-state index in [2.05, 4.69) is 4.90 Å². The maximum absolute atomic E-state index is 5.72. The molecule has 0 amide bonds. The molecule has 5 heteroatoms. The average molecular weight is 244 g/mol. The van der Waals surface area contributed by atoms with E-state index in [1.54, 1.807) is 0 Å². The van der Waals surface area contributed by atoms with E-state index >= 15 is 0 Å². The minimum Gasteiger partial charge on any atom is -0.365 e. The molecule has 3 fully saturated rings. The first-order chi connectivity index (χ1) is 7.95. The second-order valence-electron chi connectivity index (χ2n) is 4.28. The van der Waals surface area contributed by atoms with Crippen molar-refractivity contribution in [1.29, 1.82) is 0 Å². The molecule has 3 heterocycles. The van der Waals surface area contributed by atoms with Crippen molar-refractivity contribution in [3.05, 3.63) is 6.10 Å². The normalized spacial score (nSPS) is 34.9. The summed E-state index contributed by atoms with van der Waals surface area (Å²) in [5.41, 5.74) is 0. The van der Waals surface area contributed by atoms with Crippen LogP contribution < -0.4 is 0 Å². The standard InChI is InChI=1S/C11H18NO3S/c1-4-13-10(11-14-5-6-15-11)9(1)12-2-7-16-8-3-12/h9,11H,1-8H2. The summed E-state index contributed by atoms with van der Waals surface area (Å²) in [6.07, 6.45) is 1.90. The highest BCUT2D eigenvalue weighted by Crippen LogP contribution is 2.33. The van der Waals surface area contributed by atoms with Crippen LogP contribution in [0.15, 0.2) is 0 Å². The SMILES string of the molecule is C1CC(N2CCSCC2)[C](C2OCCO2)O1. The zero-order valence-corrected chi connectivity index (χ0v) is 10.2. The summed E-state index contributed by atoms with van der Waals surface area (Å²) in [4.78, 5) is 2.52. The quantitative estimate of drug-likeness (QED) is 0.715. The van der Waals surface area contributed by atoms with E-state index in [1.807, 2.05) is 11.8 Å². The molecule has 0 aliphatic carbocycles. The van der Waals surface area contributed by atoms with Crippen molar-refractivity contribution >= 4 is 11.8 Å². The van der Waals surface area contributed by atoms with Crippen LogP contribution in [-0.2, 0) is 14.2 Å². The third-order valence-electron chi connectivity index (χ3n) is 3.33. The monoisotopic (exact) mass is 244 g/mol. The molecular formula is C11H18NO3S. The lowest BCUT2D eigenvalue weighted by atomic mass is 10.1. The first kappa shape index (κ1) is 11.3. The van der Waals surface area contributed by atoms with Gasteiger partial charge in [0.05, 0.1) is 13.2 Å². The van der Waals surface area contributed by atoms with Crippen molar-refractivity contribution in [2.75, 3.05) is 44.4 Å². The second kappa shape index (κ2) is 5.23. The molecule has 0 spiro atoms. The molecule has 0 N–H and O–H groups in total. The van der Waals surface area contributed by atoms with E-state index in [0.29, 0.717) is 19.3 Å². The highest BCUT2D eigenvalue weighted by molar-refractivity contribution is 7.99. The Hall–Kier alpha value is 0.190. The van der Waals surface area contributed by atoms with Gasteiger partial charge in [0.25, 0.3) is 0 Å². The third kappa shape index (κ3) is 2.24. The molecule has 1 unspecified atom stereocenters. The minimum atomic E-state index is -0.206. The summed E-state index contributed by atoms with van der Waals surface area (Å²) < 4.78 is 16.8. The van der Waals surface area contributed by atoms with Gasteiger partial charge in [0.15, 0.2) is 12.4 Å². The molecule has 1 atom stereocenters. The number of hydrogen-bond donors (Lipinski definition) is 0. The summed E-state index contributed by atoms with van der Waals surface area (Å²) >= 11 is 2.04. The van der Waals surface area contributed by atoms with Crippen molar-refractivity contribution < 1.29 is 14.2 Å². The molecule has 0 aromatic heterocycles. The van der Waals surface area contributed by atoms with Gasteiger partial charge in [0.1, 0.15) is 0 Å². The molecule has 3 rings (SSSR count). The molecule has 1 radical (unpaired) electrons. The topological polar surface area (TPSA) is 30.9 Å². The van der Waals surface area contributed by atoms with Crippen LogP contribution in [-0.4, -0.2) is 61.6 Å². The largest absolute Gasteiger partial charge is 0.365 e. The summed E-state index contributed by atoms with van der Waals surface area (Å²) in [6.45, 7) is 4.52. The van der Waals surface area contributed by atoms with Gasteiger partial charge in [-0.25, -0.2) is 0 Å². The Balaban J connectivity index is 1.63. The lowest BCUT2D eigenvalue weighted by molar-refractivity contribution is -0.0876. The van der Waals surface area contributed by atoms with Gasteiger partial charge in [0, 0.05) is 37.2 Å². The first-order valence-electron chi connectivity index (χ1n) is 6.00. The smallest absolute Gasteiger partial charge is 0.191 e. The van der Waals surface area contributed by atoms with Gasteiger partial charge in [-0.2, -0.15) is 11.8 Å². The maximum Gasteiger partial charge on any atom is 0.191 e. The van der Waals surface area contributed by atoms with E-state index in [-0.39, 0.29) is 6.29 Å². The van der Waals surface area contributed by atoms with Gasteiger partial charge in [-0.3, -0.25) is 4.90 Å². The molecule has 3 aliphatic rings. The summed E-state index contributed by atoms with van der Waals surface area (Å²) in [7, 11) is 0. The van der Waals surface area contributed by atoms with Gasteiger partial charge in [-0.15, -0.1) is 0 Å². The van der Waals surface area contributed by atoms with Gasteiger partial charge in [-0.1, -0.05) is 0 Å². The Morgan fingerprint density at radius 2 is 1.81 bits per heavy atom. The fourth-order valence-corrected chi connectivity index (χ4v) is 3.46. The fourth-order valence-electron chi connectivity index (χ4n) is 2.53. The summed E-state index contributed by atoms with van der Waals surface area (Å²) in [5, 5.41) is 0. The van der Waals surface area contributed by atoms with Gasteiger partial charge >= 0.3 is 0 Å². The number of thioether (sulfide) groups is 1. The Kier molecular flexibility index (Phi) is 3.69. The van der Waals surface area contributed by atoms with Crippen molar-refractivity contribution in [2.24, 2.45) is 0 Å². The molecular weight excluding hydrogens is 226 g/mol. The summed E-state index contributed by atoms with van der Waals surface area (Å²) in [5.74, 6) is 2.46. The van der Waals surface area contributed by atoms with Crippen molar-refractivity contribution in [2.45, 2.75) is 18.8 Å². The van der Waals surface area contributed by atoms with E-state index in [4.69, 9.17) is 14.2 Å². The lowest BCUT2D eigenvalue weighted by Gasteiger charge is -2.34. The molecule has 3 aliphatic heterocycles. The van der Waals surface area contributed by atoms with Crippen LogP contribution in [0.1, 0.15) is 6.42 Å². The molecule has 0 aromatic carbocycles. The van der Waals surface area contributed by atoms with Crippen LogP contribution in [0.4, 0.5) is 0 Å². The second-order valence-corrected chi connectivity index (χ2v) is 5.50. The van der Waals surface area contributed by atoms with Crippen LogP contribution >= 0.6 is 11.8 Å². The summed E-state index contributed by atoms with van der Waals surface area (Å²) in [6, 6.07) is 0.420. The first-order valence-corrected chi connectivity index (χ1v) is 7.15. The van der Waals surface area contributed by atoms with Crippen LogP contribution in [0, 0.1) is 6.10 Å². The fraction of sp³-hybridized carbons (Fsp3) is 0.909. The predicted molar refractivity (Wildman–Crippen MR) is 62.2 cm³/mol. The average Bonchev–Trinajstić information content (AvgIpc) is 3.01. The van der Waals surface area contributed by atoms with Gasteiger partial charge < -0.3 is 14.2 Å². The maximum atomic E-state index is 5.72. The zero-order valence-electron chi connectivity index (χ0n) is 9.39. The lowest BCUT2D eigenvalue weighted by Crippen LogP contribution is -2.45. The van der Waals surface area contributed by atoms with Crippen LogP contribution in [0.25, 0.3) is 0 Å². The number of ether oxygens (including phenoxy) is 3. The minimum absolute atomic E-state index is 0.206. The van der Waals surface area contributed by atoms with Crippen LogP contribution in [0.5, 0.6) is 0 Å². The van der Waals surface area contributed by atoms with Crippen molar-refractivity contribution in [3.8, 4) is 0 Å². The molecule has 0 saturated carbocycles. The molecule has 0 bridgehead atoms. The van der Waals surface area contributed by atoms with Gasteiger partial charge in [0.2, 0.25) is 0 Å². The Bertz CT molecular complexity index is 229. The predicted octanol–water partition coefficient (Wildman–Crippen LogP) is 0.729. The Labute approximate surface area is 101 Å². The van der Waals surface area contributed by atoms with E-state index in [1.165, 1.54) is 11.5 Å². The Morgan fingerprint density at radius 1 is 1.06 bits per heavy atom. The molecule has 3 saturated heterocycles. The third-order valence-corrected chi connectivity index (χ3v) is 4.27. The van der Waals surface area contributed by atoms with E-state index < -0.39 is 0 Å². The van der Waals surface area contributed by atoms with Crippen molar-refractivity contribution in [3.63, 3.8) is 0 Å².